The molecule has 0 aliphatic heterocycles. The average Bonchev–Trinajstić information content (AvgIpc) is 2.82. The number of ether oxygens (including phenoxy) is 5. The van der Waals surface area contributed by atoms with Gasteiger partial charge < -0.3 is 39.2 Å². The van der Waals surface area contributed by atoms with Crippen LogP contribution in [0.2, 0.25) is 0 Å². The molecule has 0 fully saturated rings. The van der Waals surface area contributed by atoms with E-state index in [0.29, 0.717) is 72.1 Å². The largest absolute Gasteiger partial charge is 0.466 e. The number of carbonyl (C=O) groups is 4. The van der Waals surface area contributed by atoms with Gasteiger partial charge in [-0.1, -0.05) is 0 Å². The Kier molecular flexibility index (Phi) is 20.2. The highest BCUT2D eigenvalue weighted by Crippen LogP contribution is 2.07. The molecule has 2 N–H and O–H groups in total. The first kappa shape index (κ1) is 34.6. The smallest absolute Gasteiger partial charge is 0.407 e. The van der Waals surface area contributed by atoms with Gasteiger partial charge in [-0.3, -0.25) is 14.4 Å². The third-order valence-corrected chi connectivity index (χ3v) is 4.68. The molecule has 0 heterocycles. The molecule has 0 spiro atoms. The summed E-state index contributed by atoms with van der Waals surface area (Å²) in [7, 11) is 1.60. The minimum Gasteiger partial charge on any atom is -0.466 e. The third-order valence-electron chi connectivity index (χ3n) is 4.68. The molecule has 12 nitrogen and oxygen atoms in total. The molecule has 0 unspecified atom stereocenters. The minimum absolute atomic E-state index is 0.00743. The van der Waals surface area contributed by atoms with E-state index in [0.717, 1.165) is 0 Å². The van der Waals surface area contributed by atoms with Crippen molar-refractivity contribution < 1.29 is 42.9 Å². The Bertz CT molecular complexity index is 654. The van der Waals surface area contributed by atoms with Gasteiger partial charge in [-0.05, 0) is 40.5 Å². The molecule has 3 amide bonds. The second-order valence-corrected chi connectivity index (χ2v) is 9.14. The van der Waals surface area contributed by atoms with Gasteiger partial charge in [0.15, 0.2) is 0 Å². The lowest BCUT2D eigenvalue weighted by molar-refractivity contribution is -0.145. The van der Waals surface area contributed by atoms with Crippen LogP contribution in [0.25, 0.3) is 0 Å². The zero-order valence-corrected chi connectivity index (χ0v) is 23.2. The summed E-state index contributed by atoms with van der Waals surface area (Å²) in [5.41, 5.74) is -0.589. The van der Waals surface area contributed by atoms with Gasteiger partial charge in [0.05, 0.1) is 46.1 Å². The number of amides is 3. The Morgan fingerprint density at radius 1 is 0.784 bits per heavy atom. The molecule has 37 heavy (non-hydrogen) atoms. The van der Waals surface area contributed by atoms with Gasteiger partial charge in [0.25, 0.3) is 0 Å². The molecule has 0 aromatic rings. The summed E-state index contributed by atoms with van der Waals surface area (Å²) in [4.78, 5) is 49.7. The maximum Gasteiger partial charge on any atom is 0.407 e. The zero-order chi connectivity index (χ0) is 27.9. The van der Waals surface area contributed by atoms with Crippen molar-refractivity contribution in [3.05, 3.63) is 0 Å². The van der Waals surface area contributed by atoms with Crippen LogP contribution in [-0.2, 0) is 38.1 Å². The highest BCUT2D eigenvalue weighted by molar-refractivity contribution is 5.81. The molecule has 0 aliphatic carbocycles. The Morgan fingerprint density at radius 3 is 1.97 bits per heavy atom. The molecule has 12 heteroatoms. The molecule has 0 aliphatic rings. The van der Waals surface area contributed by atoms with E-state index in [-0.39, 0.29) is 37.7 Å². The molecule has 0 bridgehead atoms. The molecular weight excluding hydrogens is 486 g/mol. The first-order valence-electron chi connectivity index (χ1n) is 12.9. The van der Waals surface area contributed by atoms with E-state index in [1.165, 1.54) is 0 Å². The van der Waals surface area contributed by atoms with Gasteiger partial charge in [-0.25, -0.2) is 4.79 Å². The maximum atomic E-state index is 12.7. The summed E-state index contributed by atoms with van der Waals surface area (Å²) < 4.78 is 25.6. The molecular formula is C25H47N3O9. The topological polar surface area (TPSA) is 142 Å². The van der Waals surface area contributed by atoms with E-state index >= 15 is 0 Å². The van der Waals surface area contributed by atoms with Crippen LogP contribution in [-0.4, -0.2) is 107 Å². The number of esters is 1. The van der Waals surface area contributed by atoms with E-state index in [1.54, 1.807) is 39.7 Å². The van der Waals surface area contributed by atoms with Gasteiger partial charge >= 0.3 is 12.1 Å². The lowest BCUT2D eigenvalue weighted by atomic mass is 10.2. The van der Waals surface area contributed by atoms with E-state index in [9.17, 15) is 19.2 Å². The lowest BCUT2D eigenvalue weighted by Crippen LogP contribution is -2.38. The van der Waals surface area contributed by atoms with Gasteiger partial charge in [0.2, 0.25) is 11.8 Å². The summed E-state index contributed by atoms with van der Waals surface area (Å²) in [6, 6.07) is 0. The van der Waals surface area contributed by atoms with Crippen molar-refractivity contribution in [1.29, 1.82) is 0 Å². The summed E-state index contributed by atoms with van der Waals surface area (Å²) in [6.07, 6.45) is 0.827. The molecule has 0 saturated carbocycles. The number of nitrogens with one attached hydrogen (secondary N) is 2. The van der Waals surface area contributed by atoms with E-state index in [2.05, 4.69) is 10.6 Å². The van der Waals surface area contributed by atoms with Crippen molar-refractivity contribution in [2.24, 2.45) is 0 Å². The predicted molar refractivity (Wildman–Crippen MR) is 137 cm³/mol. The normalized spacial score (nSPS) is 11.1. The quantitative estimate of drug-likeness (QED) is 0.166. The van der Waals surface area contributed by atoms with Crippen molar-refractivity contribution in [1.82, 2.24) is 15.5 Å². The molecule has 0 aromatic carbocycles. The SMILES string of the molecule is CCOC(=O)CCC(=O)N(CCCNC(=O)CCOCCOCCOC)CCCNC(=O)OC(C)(C)C. The Balaban J connectivity index is 4.32. The number of methoxy groups -OCH3 is 1. The lowest BCUT2D eigenvalue weighted by Gasteiger charge is -2.23. The first-order valence-corrected chi connectivity index (χ1v) is 12.9. The summed E-state index contributed by atoms with van der Waals surface area (Å²) in [6.45, 7) is 11.0. The highest BCUT2D eigenvalue weighted by Gasteiger charge is 2.17. The van der Waals surface area contributed by atoms with Crippen LogP contribution in [0, 0.1) is 0 Å². The van der Waals surface area contributed by atoms with Crippen molar-refractivity contribution in [2.75, 3.05) is 72.9 Å². The van der Waals surface area contributed by atoms with Crippen molar-refractivity contribution in [3.63, 3.8) is 0 Å². The maximum absolute atomic E-state index is 12.7. The fourth-order valence-electron chi connectivity index (χ4n) is 2.95. The third kappa shape index (κ3) is 22.5. The first-order chi connectivity index (χ1) is 17.6. The van der Waals surface area contributed by atoms with E-state index < -0.39 is 17.7 Å². The average molecular weight is 534 g/mol. The van der Waals surface area contributed by atoms with Crippen LogP contribution in [0.4, 0.5) is 4.79 Å². The fourth-order valence-corrected chi connectivity index (χ4v) is 2.95. The summed E-state index contributed by atoms with van der Waals surface area (Å²) >= 11 is 0. The standard InChI is InChI=1S/C25H47N3O9/c1-6-36-23(31)10-9-22(30)28(15-8-13-27-24(32)37-25(2,3)4)14-7-12-26-21(29)11-16-34-19-20-35-18-17-33-5/h6-20H2,1-5H3,(H,26,29)(H,27,32). The van der Waals surface area contributed by atoms with E-state index in [4.69, 9.17) is 23.7 Å². The molecule has 0 atom stereocenters. The van der Waals surface area contributed by atoms with Crippen LogP contribution in [0.5, 0.6) is 0 Å². The number of rotatable bonds is 21. The van der Waals surface area contributed by atoms with Crippen LogP contribution >= 0.6 is 0 Å². The van der Waals surface area contributed by atoms with Crippen molar-refractivity contribution in [2.45, 2.75) is 65.4 Å². The molecule has 216 valence electrons. The minimum atomic E-state index is -0.589. The van der Waals surface area contributed by atoms with Crippen LogP contribution < -0.4 is 10.6 Å². The Morgan fingerprint density at radius 2 is 1.38 bits per heavy atom. The molecule has 0 rings (SSSR count). The predicted octanol–water partition coefficient (Wildman–Crippen LogP) is 1.65. The van der Waals surface area contributed by atoms with Crippen LogP contribution in [0.3, 0.4) is 0 Å². The van der Waals surface area contributed by atoms with Gasteiger partial charge in [-0.15, -0.1) is 0 Å². The molecule has 0 saturated heterocycles. The number of hydrogen-bond acceptors (Lipinski definition) is 9. The van der Waals surface area contributed by atoms with Crippen LogP contribution in [0.15, 0.2) is 0 Å². The number of alkyl carbamates (subject to hydrolysis) is 1. The molecule has 0 radical (unpaired) electrons. The molecule has 0 aromatic heterocycles. The number of carbonyl (C=O) groups excluding carboxylic acids is 4. The van der Waals surface area contributed by atoms with Crippen LogP contribution in [0.1, 0.15) is 59.8 Å². The Labute approximate surface area is 221 Å². The fraction of sp³-hybridized carbons (Fsp3) is 0.840. The van der Waals surface area contributed by atoms with Crippen molar-refractivity contribution >= 4 is 23.9 Å². The van der Waals surface area contributed by atoms with Crippen molar-refractivity contribution in [3.8, 4) is 0 Å². The second kappa shape index (κ2) is 21.6. The Hall–Kier alpha value is -2.44. The highest BCUT2D eigenvalue weighted by atomic mass is 16.6. The number of nitrogens with zero attached hydrogens (tertiary/aromatic N) is 1. The monoisotopic (exact) mass is 533 g/mol. The van der Waals surface area contributed by atoms with Gasteiger partial charge in [0.1, 0.15) is 5.60 Å². The number of hydrogen-bond donors (Lipinski definition) is 2. The van der Waals surface area contributed by atoms with E-state index in [1.807, 2.05) is 0 Å². The second-order valence-electron chi connectivity index (χ2n) is 9.14. The van der Waals surface area contributed by atoms with Gasteiger partial charge in [-0.2, -0.15) is 0 Å². The summed E-state index contributed by atoms with van der Waals surface area (Å²) in [5, 5.41) is 5.48. The summed E-state index contributed by atoms with van der Waals surface area (Å²) in [5.74, 6) is -0.738. The van der Waals surface area contributed by atoms with Gasteiger partial charge in [0, 0.05) is 46.1 Å². The zero-order valence-electron chi connectivity index (χ0n) is 23.2.